The van der Waals surface area contributed by atoms with Crippen LogP contribution in [-0.4, -0.2) is 9.13 Å². The standard InChI is InChI=1S/C58H45N3/c1-7-22-51(44(16-1)39-14-13-15-42(35-39)59-52-23-8-2-17-45(52)46-18-3-9-24-53(46)59)61-54-25-10-4-19-47(54)48-36-43(28-29-55(48)61)60-56-26-11-5-20-49(56)58(50-21-6-12-27-57(50)60)40-31-37-30-38(33-40)34-41(58)32-37/h1-29,35-38,40-41H,30-34H2. The van der Waals surface area contributed by atoms with Crippen LogP contribution in [0.4, 0.5) is 17.1 Å². The van der Waals surface area contributed by atoms with E-state index in [0.717, 1.165) is 29.4 Å². The van der Waals surface area contributed by atoms with Crippen LogP contribution in [0.1, 0.15) is 43.2 Å². The van der Waals surface area contributed by atoms with Crippen LogP contribution in [0.5, 0.6) is 0 Å². The average Bonchev–Trinajstić information content (AvgIpc) is 3.83. The summed E-state index contributed by atoms with van der Waals surface area (Å²) in [6, 6.07) is 70.8. The van der Waals surface area contributed by atoms with E-state index < -0.39 is 0 Å². The lowest BCUT2D eigenvalue weighted by molar-refractivity contribution is -0.0419. The number of para-hydroxylation sites is 6. The molecule has 0 saturated heterocycles. The van der Waals surface area contributed by atoms with Gasteiger partial charge < -0.3 is 14.0 Å². The van der Waals surface area contributed by atoms with E-state index in [0.29, 0.717) is 0 Å². The highest BCUT2D eigenvalue weighted by molar-refractivity contribution is 6.12. The van der Waals surface area contributed by atoms with E-state index in [1.165, 1.54) is 110 Å². The van der Waals surface area contributed by atoms with E-state index in [9.17, 15) is 0 Å². The molecule has 292 valence electrons. The van der Waals surface area contributed by atoms with Crippen molar-refractivity contribution in [1.82, 2.24) is 9.13 Å². The monoisotopic (exact) mass is 783 g/mol. The second-order valence-corrected chi connectivity index (χ2v) is 18.5. The molecular weight excluding hydrogens is 739 g/mol. The first kappa shape index (κ1) is 33.9. The molecule has 61 heavy (non-hydrogen) atoms. The Hall–Kier alpha value is -6.84. The number of hydrogen-bond acceptors (Lipinski definition) is 1. The summed E-state index contributed by atoms with van der Waals surface area (Å²) < 4.78 is 4.92. The van der Waals surface area contributed by atoms with E-state index >= 15 is 0 Å². The van der Waals surface area contributed by atoms with Gasteiger partial charge >= 0.3 is 0 Å². The largest absolute Gasteiger partial charge is 0.310 e. The Balaban J connectivity index is 0.937. The molecule has 10 aromatic rings. The topological polar surface area (TPSA) is 13.1 Å². The summed E-state index contributed by atoms with van der Waals surface area (Å²) in [6.07, 6.45) is 6.99. The molecule has 0 unspecified atom stereocenters. The second-order valence-electron chi connectivity index (χ2n) is 18.5. The fourth-order valence-corrected chi connectivity index (χ4v) is 13.7. The van der Waals surface area contributed by atoms with Gasteiger partial charge in [0.15, 0.2) is 0 Å². The van der Waals surface area contributed by atoms with Gasteiger partial charge in [-0.25, -0.2) is 0 Å². The lowest BCUT2D eigenvalue weighted by Crippen LogP contribution is -2.57. The van der Waals surface area contributed by atoms with Gasteiger partial charge in [0.2, 0.25) is 0 Å². The van der Waals surface area contributed by atoms with Gasteiger partial charge in [0.05, 0.1) is 39.1 Å². The van der Waals surface area contributed by atoms with E-state index in [4.69, 9.17) is 0 Å². The van der Waals surface area contributed by atoms with E-state index in [1.807, 2.05) is 0 Å². The highest BCUT2D eigenvalue weighted by Gasteiger charge is 2.61. The van der Waals surface area contributed by atoms with Crippen LogP contribution in [0, 0.1) is 23.7 Å². The zero-order valence-electron chi connectivity index (χ0n) is 34.1. The summed E-state index contributed by atoms with van der Waals surface area (Å²) in [5.74, 6) is 3.27. The Kier molecular flexibility index (Phi) is 7.01. The summed E-state index contributed by atoms with van der Waals surface area (Å²) >= 11 is 0. The van der Waals surface area contributed by atoms with Gasteiger partial charge in [0, 0.05) is 43.9 Å². The smallest absolute Gasteiger partial charge is 0.0542 e. The van der Waals surface area contributed by atoms with Crippen molar-refractivity contribution >= 4 is 60.7 Å². The third-order valence-electron chi connectivity index (χ3n) is 15.7. The molecule has 3 heteroatoms. The SMILES string of the molecule is c1cc(-c2ccccc2-n2c3ccccc3c3cc(N4c5ccccc5C5(c6ccccc64)C4CC6CC(C4)CC5C6)ccc32)cc(-n2c3ccccc3c3ccccc32)c1. The fraction of sp³-hybridized carbons (Fsp3) is 0.172. The summed E-state index contributed by atoms with van der Waals surface area (Å²) in [6.45, 7) is 0. The predicted molar refractivity (Wildman–Crippen MR) is 253 cm³/mol. The molecule has 15 rings (SSSR count). The summed E-state index contributed by atoms with van der Waals surface area (Å²) in [5, 5.41) is 5.09. The van der Waals surface area contributed by atoms with Gasteiger partial charge in [0.1, 0.15) is 0 Å². The number of aromatic nitrogens is 2. The van der Waals surface area contributed by atoms with Crippen LogP contribution in [0.15, 0.2) is 188 Å². The van der Waals surface area contributed by atoms with Gasteiger partial charge in [-0.2, -0.15) is 0 Å². The molecule has 1 spiro atoms. The van der Waals surface area contributed by atoms with Crippen LogP contribution < -0.4 is 4.90 Å². The lowest BCUT2D eigenvalue weighted by Gasteiger charge is -2.64. The lowest BCUT2D eigenvalue weighted by atomic mass is 9.41. The number of anilines is 3. The maximum Gasteiger partial charge on any atom is 0.0542 e. The Morgan fingerprint density at radius 3 is 1.51 bits per heavy atom. The van der Waals surface area contributed by atoms with Crippen molar-refractivity contribution < 1.29 is 0 Å². The molecule has 4 saturated carbocycles. The Morgan fingerprint density at radius 2 is 0.869 bits per heavy atom. The molecular formula is C58H45N3. The molecule has 5 aliphatic rings. The van der Waals surface area contributed by atoms with Gasteiger partial charge in [0.25, 0.3) is 0 Å². The molecule has 3 nitrogen and oxygen atoms in total. The van der Waals surface area contributed by atoms with Crippen LogP contribution in [0.2, 0.25) is 0 Å². The predicted octanol–water partition coefficient (Wildman–Crippen LogP) is 15.1. The normalized spacial score (nSPS) is 20.9. The summed E-state index contributed by atoms with van der Waals surface area (Å²) in [4.78, 5) is 2.60. The molecule has 4 aliphatic carbocycles. The number of hydrogen-bond donors (Lipinski definition) is 0. The minimum Gasteiger partial charge on any atom is -0.310 e. The molecule has 3 heterocycles. The Bertz CT molecular complexity index is 3290. The third-order valence-corrected chi connectivity index (χ3v) is 15.7. The van der Waals surface area contributed by atoms with Gasteiger partial charge in [-0.1, -0.05) is 121 Å². The summed E-state index contributed by atoms with van der Waals surface area (Å²) in [5.41, 5.74) is 16.8. The van der Waals surface area contributed by atoms with Crippen molar-refractivity contribution in [2.24, 2.45) is 23.7 Å². The quantitative estimate of drug-likeness (QED) is 0.173. The van der Waals surface area contributed by atoms with Crippen LogP contribution in [0.3, 0.4) is 0 Å². The molecule has 0 N–H and O–H groups in total. The molecule has 8 aromatic carbocycles. The van der Waals surface area contributed by atoms with Crippen molar-refractivity contribution in [2.45, 2.75) is 37.5 Å². The van der Waals surface area contributed by atoms with E-state index in [1.54, 1.807) is 11.1 Å². The number of benzene rings is 8. The van der Waals surface area contributed by atoms with Crippen LogP contribution >= 0.6 is 0 Å². The van der Waals surface area contributed by atoms with Crippen molar-refractivity contribution in [1.29, 1.82) is 0 Å². The first-order valence-corrected chi connectivity index (χ1v) is 22.4. The number of nitrogens with zero attached hydrogens (tertiary/aromatic N) is 3. The van der Waals surface area contributed by atoms with Crippen molar-refractivity contribution in [3.8, 4) is 22.5 Å². The maximum absolute atomic E-state index is 2.60. The minimum atomic E-state index is 0.0970. The number of fused-ring (bicyclic) bond motifs is 8. The van der Waals surface area contributed by atoms with E-state index in [-0.39, 0.29) is 5.41 Å². The first-order valence-electron chi connectivity index (χ1n) is 22.4. The van der Waals surface area contributed by atoms with Gasteiger partial charge in [-0.05, 0) is 139 Å². The van der Waals surface area contributed by atoms with Crippen LogP contribution in [-0.2, 0) is 5.41 Å². The molecule has 0 amide bonds. The summed E-state index contributed by atoms with van der Waals surface area (Å²) in [7, 11) is 0. The highest BCUT2D eigenvalue weighted by Crippen LogP contribution is 2.69. The number of rotatable bonds is 4. The third kappa shape index (κ3) is 4.59. The van der Waals surface area contributed by atoms with Crippen molar-refractivity contribution in [3.63, 3.8) is 0 Å². The van der Waals surface area contributed by atoms with E-state index in [2.05, 4.69) is 202 Å². The minimum absolute atomic E-state index is 0.0970. The zero-order valence-corrected chi connectivity index (χ0v) is 34.1. The molecule has 2 aromatic heterocycles. The zero-order chi connectivity index (χ0) is 39.8. The van der Waals surface area contributed by atoms with Crippen LogP contribution in [0.25, 0.3) is 66.1 Å². The maximum atomic E-state index is 2.60. The first-order chi connectivity index (χ1) is 30.2. The Morgan fingerprint density at radius 1 is 0.361 bits per heavy atom. The molecule has 1 aliphatic heterocycles. The molecule has 0 radical (unpaired) electrons. The highest BCUT2D eigenvalue weighted by atomic mass is 15.2. The molecule has 0 atom stereocenters. The Labute approximate surface area is 356 Å². The second kappa shape index (κ2) is 12.6. The molecule has 4 fully saturated rings. The fourth-order valence-electron chi connectivity index (χ4n) is 13.7. The van der Waals surface area contributed by atoms with Gasteiger partial charge in [-0.15, -0.1) is 0 Å². The van der Waals surface area contributed by atoms with Gasteiger partial charge in [-0.3, -0.25) is 0 Å². The molecule has 4 bridgehead atoms. The van der Waals surface area contributed by atoms with Crippen molar-refractivity contribution in [3.05, 3.63) is 199 Å². The van der Waals surface area contributed by atoms with Crippen molar-refractivity contribution in [2.75, 3.05) is 4.90 Å². The average molecular weight is 784 g/mol.